The summed E-state index contributed by atoms with van der Waals surface area (Å²) in [6.45, 7) is 4.02. The Hall–Kier alpha value is -1.26. The van der Waals surface area contributed by atoms with Gasteiger partial charge in [-0.05, 0) is 25.2 Å². The molecule has 0 unspecified atom stereocenters. The number of amides is 2. The quantitative estimate of drug-likeness (QED) is 0.753. The number of ether oxygens (including phenoxy) is 1. The van der Waals surface area contributed by atoms with E-state index in [1.54, 1.807) is 0 Å². The summed E-state index contributed by atoms with van der Waals surface area (Å²) in [6.07, 6.45) is 6.22. The van der Waals surface area contributed by atoms with Crippen LogP contribution in [0.1, 0.15) is 52.4 Å². The summed E-state index contributed by atoms with van der Waals surface area (Å²) < 4.78 is 4.72. The Morgan fingerprint density at radius 3 is 2.37 bits per heavy atom. The molecule has 1 rings (SSSR count). The van der Waals surface area contributed by atoms with Crippen molar-refractivity contribution < 1.29 is 14.3 Å². The Balaban J connectivity index is 2.43. The number of carbonyl (C=O) groups is 2. The highest BCUT2D eigenvalue weighted by Gasteiger charge is 2.24. The van der Waals surface area contributed by atoms with E-state index in [0.29, 0.717) is 12.3 Å². The summed E-state index contributed by atoms with van der Waals surface area (Å²) in [7, 11) is 1.34. The summed E-state index contributed by atoms with van der Waals surface area (Å²) >= 11 is 0. The first-order chi connectivity index (χ1) is 9.02. The second-order valence-electron chi connectivity index (χ2n) is 5.66. The Kier molecular flexibility index (Phi) is 6.67. The lowest BCUT2D eigenvalue weighted by Crippen LogP contribution is -2.50. The second-order valence-corrected chi connectivity index (χ2v) is 5.66. The number of urea groups is 1. The van der Waals surface area contributed by atoms with Crippen LogP contribution in [0.2, 0.25) is 0 Å². The van der Waals surface area contributed by atoms with Gasteiger partial charge < -0.3 is 15.4 Å². The maximum Gasteiger partial charge on any atom is 0.328 e. The summed E-state index contributed by atoms with van der Waals surface area (Å²) in [5, 5.41) is 5.67. The largest absolute Gasteiger partial charge is 0.467 e. The van der Waals surface area contributed by atoms with E-state index in [-0.39, 0.29) is 18.0 Å². The van der Waals surface area contributed by atoms with Crippen molar-refractivity contribution in [1.82, 2.24) is 10.6 Å². The van der Waals surface area contributed by atoms with Crippen molar-refractivity contribution in [1.29, 1.82) is 0 Å². The van der Waals surface area contributed by atoms with Crippen LogP contribution < -0.4 is 10.6 Å². The van der Waals surface area contributed by atoms with E-state index in [1.165, 1.54) is 13.5 Å². The molecule has 2 amide bonds. The van der Waals surface area contributed by atoms with E-state index in [2.05, 4.69) is 10.6 Å². The lowest BCUT2D eigenvalue weighted by Gasteiger charge is -2.25. The number of methoxy groups -OCH3 is 1. The van der Waals surface area contributed by atoms with Gasteiger partial charge >= 0.3 is 12.0 Å². The van der Waals surface area contributed by atoms with E-state index in [4.69, 9.17) is 4.74 Å². The first-order valence-electron chi connectivity index (χ1n) is 7.17. The Morgan fingerprint density at radius 2 is 1.84 bits per heavy atom. The number of rotatable bonds is 5. The molecule has 1 aliphatic carbocycles. The monoisotopic (exact) mass is 270 g/mol. The SMILES string of the molecule is COC(=O)[C@@H](CC(C)C)NC(=O)NC1CCCCC1. The molecule has 1 saturated carbocycles. The average Bonchev–Trinajstić information content (AvgIpc) is 2.37. The predicted molar refractivity (Wildman–Crippen MR) is 73.8 cm³/mol. The summed E-state index contributed by atoms with van der Waals surface area (Å²) in [6, 6.07) is -0.581. The van der Waals surface area contributed by atoms with Crippen molar-refractivity contribution in [2.75, 3.05) is 7.11 Å². The molecular weight excluding hydrogens is 244 g/mol. The van der Waals surface area contributed by atoms with Crippen molar-refractivity contribution in [2.45, 2.75) is 64.5 Å². The number of nitrogens with one attached hydrogen (secondary N) is 2. The van der Waals surface area contributed by atoms with Gasteiger partial charge in [0.25, 0.3) is 0 Å². The fourth-order valence-electron chi connectivity index (χ4n) is 2.46. The van der Waals surface area contributed by atoms with Gasteiger partial charge in [0, 0.05) is 6.04 Å². The van der Waals surface area contributed by atoms with Gasteiger partial charge in [0.2, 0.25) is 0 Å². The molecule has 0 aromatic rings. The van der Waals surface area contributed by atoms with Gasteiger partial charge in [-0.2, -0.15) is 0 Å². The molecule has 5 nitrogen and oxygen atoms in total. The molecule has 1 fully saturated rings. The molecule has 110 valence electrons. The zero-order chi connectivity index (χ0) is 14.3. The molecule has 0 heterocycles. The van der Waals surface area contributed by atoms with Crippen LogP contribution in [0.5, 0.6) is 0 Å². The van der Waals surface area contributed by atoms with Crippen molar-refractivity contribution >= 4 is 12.0 Å². The molecule has 0 spiro atoms. The number of carbonyl (C=O) groups excluding carboxylic acids is 2. The van der Waals surface area contributed by atoms with Gasteiger partial charge in [-0.1, -0.05) is 33.1 Å². The van der Waals surface area contributed by atoms with Crippen LogP contribution >= 0.6 is 0 Å². The highest BCUT2D eigenvalue weighted by molar-refractivity contribution is 5.83. The van der Waals surface area contributed by atoms with Crippen LogP contribution in [0, 0.1) is 5.92 Å². The normalized spacial score (nSPS) is 17.9. The second kappa shape index (κ2) is 8.02. The minimum Gasteiger partial charge on any atom is -0.467 e. The van der Waals surface area contributed by atoms with Crippen molar-refractivity contribution in [2.24, 2.45) is 5.92 Å². The van der Waals surface area contributed by atoms with E-state index >= 15 is 0 Å². The molecule has 2 N–H and O–H groups in total. The molecule has 1 aliphatic rings. The Bertz CT molecular complexity index is 299. The van der Waals surface area contributed by atoms with Gasteiger partial charge in [-0.25, -0.2) is 9.59 Å². The van der Waals surface area contributed by atoms with Gasteiger partial charge in [-0.3, -0.25) is 0 Å². The summed E-state index contributed by atoms with van der Waals surface area (Å²) in [5.74, 6) is -0.0634. The average molecular weight is 270 g/mol. The third-order valence-corrected chi connectivity index (χ3v) is 3.44. The third-order valence-electron chi connectivity index (χ3n) is 3.44. The number of hydrogen-bond donors (Lipinski definition) is 2. The van der Waals surface area contributed by atoms with Crippen molar-refractivity contribution in [3.8, 4) is 0 Å². The zero-order valence-electron chi connectivity index (χ0n) is 12.2. The first-order valence-corrected chi connectivity index (χ1v) is 7.17. The topological polar surface area (TPSA) is 67.4 Å². The summed E-state index contributed by atoms with van der Waals surface area (Å²) in [5.41, 5.74) is 0. The van der Waals surface area contributed by atoms with Crippen LogP contribution in [0.25, 0.3) is 0 Å². The maximum atomic E-state index is 11.9. The predicted octanol–water partition coefficient (Wildman–Crippen LogP) is 2.21. The first kappa shape index (κ1) is 15.8. The Morgan fingerprint density at radius 1 is 1.21 bits per heavy atom. The van der Waals surface area contributed by atoms with Crippen LogP contribution in [-0.4, -0.2) is 31.2 Å². The maximum absolute atomic E-state index is 11.9. The minimum atomic E-state index is -0.561. The fraction of sp³-hybridized carbons (Fsp3) is 0.857. The van der Waals surface area contributed by atoms with E-state index in [9.17, 15) is 9.59 Å². The van der Waals surface area contributed by atoms with E-state index < -0.39 is 6.04 Å². The zero-order valence-corrected chi connectivity index (χ0v) is 12.2. The van der Waals surface area contributed by atoms with Crippen LogP contribution in [0.4, 0.5) is 4.79 Å². The minimum absolute atomic E-state index is 0.242. The Labute approximate surface area is 115 Å². The lowest BCUT2D eigenvalue weighted by atomic mass is 9.96. The molecule has 0 aliphatic heterocycles. The molecule has 0 aromatic heterocycles. The van der Waals surface area contributed by atoms with E-state index in [1.807, 2.05) is 13.8 Å². The molecule has 19 heavy (non-hydrogen) atoms. The van der Waals surface area contributed by atoms with Gasteiger partial charge in [-0.15, -0.1) is 0 Å². The smallest absolute Gasteiger partial charge is 0.328 e. The fourth-order valence-corrected chi connectivity index (χ4v) is 2.46. The van der Waals surface area contributed by atoms with Gasteiger partial charge in [0.15, 0.2) is 0 Å². The number of hydrogen-bond acceptors (Lipinski definition) is 3. The highest BCUT2D eigenvalue weighted by atomic mass is 16.5. The lowest BCUT2D eigenvalue weighted by molar-refractivity contribution is -0.143. The van der Waals surface area contributed by atoms with Crippen LogP contribution in [0.15, 0.2) is 0 Å². The molecular formula is C14H26N2O3. The molecule has 0 saturated heterocycles. The van der Waals surface area contributed by atoms with Crippen molar-refractivity contribution in [3.63, 3.8) is 0 Å². The molecule has 5 heteroatoms. The molecule has 1 atom stereocenters. The van der Waals surface area contributed by atoms with Crippen LogP contribution in [-0.2, 0) is 9.53 Å². The highest BCUT2D eigenvalue weighted by Crippen LogP contribution is 2.17. The summed E-state index contributed by atoms with van der Waals surface area (Å²) in [4.78, 5) is 23.5. The van der Waals surface area contributed by atoms with E-state index in [0.717, 1.165) is 25.7 Å². The third kappa shape index (κ3) is 5.94. The van der Waals surface area contributed by atoms with Crippen molar-refractivity contribution in [3.05, 3.63) is 0 Å². The molecule has 0 aromatic carbocycles. The van der Waals surface area contributed by atoms with Gasteiger partial charge in [0.1, 0.15) is 6.04 Å². The standard InChI is InChI=1S/C14H26N2O3/c1-10(2)9-12(13(17)19-3)16-14(18)15-11-7-5-4-6-8-11/h10-12H,4-9H2,1-3H3,(H2,15,16,18)/t12-/m1/s1. The molecule has 0 radical (unpaired) electrons. The van der Waals surface area contributed by atoms with Gasteiger partial charge in [0.05, 0.1) is 7.11 Å². The number of esters is 1. The van der Waals surface area contributed by atoms with Crippen LogP contribution in [0.3, 0.4) is 0 Å². The molecule has 0 bridgehead atoms.